The zero-order valence-corrected chi connectivity index (χ0v) is 16.4. The van der Waals surface area contributed by atoms with Gasteiger partial charge >= 0.3 is 0 Å². The Labute approximate surface area is 164 Å². The average Bonchev–Trinajstić information content (AvgIpc) is 3.30. The Morgan fingerprint density at radius 1 is 1.19 bits per heavy atom. The highest BCUT2D eigenvalue weighted by molar-refractivity contribution is 6.30. The van der Waals surface area contributed by atoms with Gasteiger partial charge in [-0.1, -0.05) is 11.6 Å². The fraction of sp³-hybridized carbons (Fsp3) is 0.400. The molecular formula is C20H25ClN3O3+. The third-order valence-electron chi connectivity index (χ3n) is 4.47. The molecule has 1 unspecified atom stereocenters. The normalized spacial score (nSPS) is 14.6. The molecule has 0 saturated heterocycles. The quantitative estimate of drug-likeness (QED) is 0.715. The largest absolute Gasteiger partial charge is 0.459 e. The Hall–Kier alpha value is -2.31. The molecule has 1 aromatic carbocycles. The summed E-state index contributed by atoms with van der Waals surface area (Å²) < 4.78 is 5.84. The lowest BCUT2D eigenvalue weighted by Crippen LogP contribution is -3.11. The summed E-state index contributed by atoms with van der Waals surface area (Å²) in [6.07, 6.45) is 2.13. The van der Waals surface area contributed by atoms with Crippen molar-refractivity contribution in [3.05, 3.63) is 47.2 Å². The summed E-state index contributed by atoms with van der Waals surface area (Å²) in [5, 5.41) is 3.62. The third kappa shape index (κ3) is 5.84. The highest BCUT2D eigenvalue weighted by Crippen LogP contribution is 2.24. The monoisotopic (exact) mass is 390 g/mol. The number of quaternary nitrogens is 1. The standard InChI is InChI=1S/C20H24ClN3O3/c1-23(12-19(25)22-16-7-8-16)13-20(26)24(2)11-17-9-10-18(27-17)14-3-5-15(21)6-4-14/h3-6,9-10,16H,7-8,11-13H2,1-2H3,(H,22,25)/p+1. The molecule has 0 spiro atoms. The molecule has 6 nitrogen and oxygen atoms in total. The van der Waals surface area contributed by atoms with Crippen LogP contribution in [0.1, 0.15) is 18.6 Å². The molecule has 2 amide bonds. The number of benzene rings is 1. The van der Waals surface area contributed by atoms with Crippen molar-refractivity contribution in [1.82, 2.24) is 10.2 Å². The first-order valence-electron chi connectivity index (χ1n) is 9.10. The number of nitrogens with one attached hydrogen (secondary N) is 2. The number of halogens is 1. The fourth-order valence-corrected chi connectivity index (χ4v) is 2.92. The second-order valence-corrected chi connectivity index (χ2v) is 7.61. The number of amides is 2. The zero-order chi connectivity index (χ0) is 19.4. The Bertz CT molecular complexity index is 799. The van der Waals surface area contributed by atoms with Crippen molar-refractivity contribution in [3.8, 4) is 11.3 Å². The summed E-state index contributed by atoms with van der Waals surface area (Å²) in [5.41, 5.74) is 0.936. The SMILES string of the molecule is CN(Cc1ccc(-c2ccc(Cl)cc2)o1)C(=O)C[NH+](C)CC(=O)NC1CC1. The molecule has 2 aromatic rings. The number of hydrogen-bond donors (Lipinski definition) is 2. The Balaban J connectivity index is 1.49. The number of furan rings is 1. The molecule has 1 heterocycles. The highest BCUT2D eigenvalue weighted by Gasteiger charge is 2.25. The van der Waals surface area contributed by atoms with Gasteiger partial charge in [0.25, 0.3) is 11.8 Å². The number of nitrogens with zero attached hydrogens (tertiary/aromatic N) is 1. The van der Waals surface area contributed by atoms with Crippen LogP contribution in [0.15, 0.2) is 40.8 Å². The van der Waals surface area contributed by atoms with Gasteiger partial charge in [0.05, 0.1) is 13.6 Å². The molecule has 1 saturated carbocycles. The summed E-state index contributed by atoms with van der Waals surface area (Å²) in [5.74, 6) is 1.42. The van der Waals surface area contributed by atoms with Gasteiger partial charge in [-0.3, -0.25) is 9.59 Å². The van der Waals surface area contributed by atoms with Crippen LogP contribution in [0.25, 0.3) is 11.3 Å². The van der Waals surface area contributed by atoms with Crippen LogP contribution in [-0.4, -0.2) is 49.9 Å². The predicted molar refractivity (Wildman–Crippen MR) is 103 cm³/mol. The first-order chi connectivity index (χ1) is 12.9. The minimum atomic E-state index is -0.0313. The molecule has 1 aromatic heterocycles. The van der Waals surface area contributed by atoms with Crippen molar-refractivity contribution in [1.29, 1.82) is 0 Å². The highest BCUT2D eigenvalue weighted by atomic mass is 35.5. The smallest absolute Gasteiger partial charge is 0.277 e. The number of likely N-dealkylation sites (N-methyl/N-ethyl adjacent to an activating group) is 2. The molecule has 1 atom stereocenters. The number of hydrogen-bond acceptors (Lipinski definition) is 3. The topological polar surface area (TPSA) is 67.0 Å². The summed E-state index contributed by atoms with van der Waals surface area (Å²) >= 11 is 5.91. The molecule has 2 N–H and O–H groups in total. The van der Waals surface area contributed by atoms with Crippen molar-refractivity contribution >= 4 is 23.4 Å². The molecule has 27 heavy (non-hydrogen) atoms. The van der Waals surface area contributed by atoms with Gasteiger partial charge < -0.3 is 19.5 Å². The lowest BCUT2D eigenvalue weighted by molar-refractivity contribution is -0.863. The van der Waals surface area contributed by atoms with Crippen LogP contribution < -0.4 is 10.2 Å². The Morgan fingerprint density at radius 2 is 1.89 bits per heavy atom. The van der Waals surface area contributed by atoms with Crippen molar-refractivity contribution < 1.29 is 18.9 Å². The minimum Gasteiger partial charge on any atom is -0.459 e. The fourth-order valence-electron chi connectivity index (χ4n) is 2.79. The van der Waals surface area contributed by atoms with Gasteiger partial charge in [-0.15, -0.1) is 0 Å². The minimum absolute atomic E-state index is 0.00379. The van der Waals surface area contributed by atoms with Crippen molar-refractivity contribution in [2.24, 2.45) is 0 Å². The van der Waals surface area contributed by atoms with E-state index in [4.69, 9.17) is 16.0 Å². The lowest BCUT2D eigenvalue weighted by Gasteiger charge is -2.19. The van der Waals surface area contributed by atoms with E-state index in [2.05, 4.69) is 5.32 Å². The van der Waals surface area contributed by atoms with Gasteiger partial charge in [-0.25, -0.2) is 0 Å². The summed E-state index contributed by atoms with van der Waals surface area (Å²) in [4.78, 5) is 26.7. The van der Waals surface area contributed by atoms with Crippen LogP contribution in [0.5, 0.6) is 0 Å². The van der Waals surface area contributed by atoms with E-state index in [0.717, 1.165) is 29.1 Å². The van der Waals surface area contributed by atoms with Gasteiger partial charge in [0.2, 0.25) is 0 Å². The molecular weight excluding hydrogens is 366 g/mol. The van der Waals surface area contributed by atoms with Gasteiger partial charge in [0, 0.05) is 23.7 Å². The summed E-state index contributed by atoms with van der Waals surface area (Å²) in [6.45, 7) is 0.949. The van der Waals surface area contributed by atoms with Crippen LogP contribution in [0.3, 0.4) is 0 Å². The van der Waals surface area contributed by atoms with Gasteiger partial charge in [-0.05, 0) is 49.2 Å². The molecule has 1 aliphatic rings. The second-order valence-electron chi connectivity index (χ2n) is 7.18. The van der Waals surface area contributed by atoms with E-state index in [1.165, 1.54) is 0 Å². The van der Waals surface area contributed by atoms with E-state index in [9.17, 15) is 9.59 Å². The maximum absolute atomic E-state index is 12.4. The number of carbonyl (C=O) groups is 2. The van der Waals surface area contributed by atoms with Crippen molar-refractivity contribution in [2.45, 2.75) is 25.4 Å². The molecule has 0 radical (unpaired) electrons. The Kier molecular flexibility index (Phi) is 6.19. The van der Waals surface area contributed by atoms with Gasteiger partial charge in [-0.2, -0.15) is 0 Å². The molecule has 0 bridgehead atoms. The van der Waals surface area contributed by atoms with E-state index < -0.39 is 0 Å². The third-order valence-corrected chi connectivity index (χ3v) is 4.72. The molecule has 1 aliphatic carbocycles. The summed E-state index contributed by atoms with van der Waals surface area (Å²) in [6, 6.07) is 11.5. The molecule has 144 valence electrons. The maximum Gasteiger partial charge on any atom is 0.277 e. The predicted octanol–water partition coefficient (Wildman–Crippen LogP) is 1.35. The van der Waals surface area contributed by atoms with Crippen molar-refractivity contribution in [2.75, 3.05) is 27.2 Å². The van der Waals surface area contributed by atoms with E-state index >= 15 is 0 Å². The zero-order valence-electron chi connectivity index (χ0n) is 15.6. The van der Waals surface area contributed by atoms with Crippen LogP contribution >= 0.6 is 11.6 Å². The van der Waals surface area contributed by atoms with Crippen LogP contribution in [0.4, 0.5) is 0 Å². The summed E-state index contributed by atoms with van der Waals surface area (Å²) in [7, 11) is 3.59. The van der Waals surface area contributed by atoms with Crippen LogP contribution in [0, 0.1) is 0 Å². The van der Waals surface area contributed by atoms with Crippen molar-refractivity contribution in [3.63, 3.8) is 0 Å². The van der Waals surface area contributed by atoms with Crippen LogP contribution in [0.2, 0.25) is 5.02 Å². The maximum atomic E-state index is 12.4. The Morgan fingerprint density at radius 3 is 2.56 bits per heavy atom. The first-order valence-corrected chi connectivity index (χ1v) is 9.48. The van der Waals surface area contributed by atoms with Gasteiger partial charge in [0.1, 0.15) is 11.5 Å². The van der Waals surface area contributed by atoms with E-state index in [1.54, 1.807) is 11.9 Å². The van der Waals surface area contributed by atoms with E-state index in [-0.39, 0.29) is 18.4 Å². The van der Waals surface area contributed by atoms with Gasteiger partial charge in [0.15, 0.2) is 13.1 Å². The molecule has 1 fully saturated rings. The second kappa shape index (κ2) is 8.59. The van der Waals surface area contributed by atoms with E-state index in [1.807, 2.05) is 43.4 Å². The number of carbonyl (C=O) groups excluding carboxylic acids is 2. The molecule has 0 aliphatic heterocycles. The molecule has 7 heteroatoms. The number of rotatable bonds is 8. The average molecular weight is 391 g/mol. The first kappa shape index (κ1) is 19.5. The van der Waals surface area contributed by atoms with Crippen LogP contribution in [-0.2, 0) is 16.1 Å². The van der Waals surface area contributed by atoms with E-state index in [0.29, 0.717) is 29.9 Å². The molecule has 3 rings (SSSR count). The lowest BCUT2D eigenvalue weighted by atomic mass is 10.2.